The molecule has 2 rings (SSSR count). The summed E-state index contributed by atoms with van der Waals surface area (Å²) in [5.74, 6) is -0.236. The first-order chi connectivity index (χ1) is 7.65. The summed E-state index contributed by atoms with van der Waals surface area (Å²) in [5, 5.41) is 10.6. The van der Waals surface area contributed by atoms with Crippen molar-refractivity contribution in [1.82, 2.24) is 0 Å². The third kappa shape index (κ3) is 1.64. The van der Waals surface area contributed by atoms with E-state index in [0.29, 0.717) is 19.6 Å². The maximum absolute atomic E-state index is 12.1. The van der Waals surface area contributed by atoms with Crippen LogP contribution in [0.15, 0.2) is 0 Å². The van der Waals surface area contributed by atoms with Gasteiger partial charge in [0.2, 0.25) is 0 Å². The summed E-state index contributed by atoms with van der Waals surface area (Å²) in [6.45, 7) is 2.98. The first kappa shape index (κ1) is 11.9. The molecule has 1 heterocycles. The van der Waals surface area contributed by atoms with Crippen LogP contribution in [-0.4, -0.2) is 36.5 Å². The van der Waals surface area contributed by atoms with Gasteiger partial charge >= 0.3 is 5.97 Å². The molecule has 16 heavy (non-hydrogen) atoms. The molecule has 0 aromatic carbocycles. The van der Waals surface area contributed by atoms with Crippen LogP contribution in [0.3, 0.4) is 0 Å². The highest BCUT2D eigenvalue weighted by Crippen LogP contribution is 2.50. The van der Waals surface area contributed by atoms with Gasteiger partial charge in [0.05, 0.1) is 18.6 Å². The fourth-order valence-electron chi connectivity index (χ4n) is 3.04. The van der Waals surface area contributed by atoms with E-state index in [1.54, 1.807) is 6.92 Å². The summed E-state index contributed by atoms with van der Waals surface area (Å²) in [6, 6.07) is 0. The number of hydrogen-bond acceptors (Lipinski definition) is 4. The molecule has 1 saturated heterocycles. The average Bonchev–Trinajstić information content (AvgIpc) is 2.87. The Morgan fingerprint density at radius 1 is 1.38 bits per heavy atom. The second-order valence-electron chi connectivity index (χ2n) is 4.84. The molecular weight excluding hydrogens is 208 g/mol. The van der Waals surface area contributed by atoms with Crippen molar-refractivity contribution < 1.29 is 19.4 Å². The van der Waals surface area contributed by atoms with Crippen molar-refractivity contribution in [2.24, 2.45) is 5.41 Å². The lowest BCUT2D eigenvalue weighted by atomic mass is 9.70. The van der Waals surface area contributed by atoms with Gasteiger partial charge in [-0.3, -0.25) is 4.79 Å². The quantitative estimate of drug-likeness (QED) is 0.739. The molecule has 0 amide bonds. The molecule has 2 fully saturated rings. The zero-order valence-corrected chi connectivity index (χ0v) is 9.83. The Morgan fingerprint density at radius 2 is 2.06 bits per heavy atom. The number of carbonyl (C=O) groups excluding carboxylic acids is 1. The highest BCUT2D eigenvalue weighted by atomic mass is 16.5. The zero-order valence-electron chi connectivity index (χ0n) is 9.83. The molecule has 4 nitrogen and oxygen atoms in total. The van der Waals surface area contributed by atoms with Crippen molar-refractivity contribution in [3.8, 4) is 0 Å². The van der Waals surface area contributed by atoms with Crippen molar-refractivity contribution >= 4 is 5.97 Å². The smallest absolute Gasteiger partial charge is 0.315 e. The Kier molecular flexibility index (Phi) is 3.22. The first-order valence-corrected chi connectivity index (χ1v) is 6.12. The van der Waals surface area contributed by atoms with Crippen LogP contribution in [0.2, 0.25) is 0 Å². The number of hydrogen-bond donors (Lipinski definition) is 1. The third-order valence-electron chi connectivity index (χ3n) is 4.01. The summed E-state index contributed by atoms with van der Waals surface area (Å²) < 4.78 is 10.4. The van der Waals surface area contributed by atoms with Gasteiger partial charge in [0.25, 0.3) is 0 Å². The van der Waals surface area contributed by atoms with Crippen LogP contribution in [0.25, 0.3) is 0 Å². The maximum atomic E-state index is 12.1. The molecule has 4 heteroatoms. The Hall–Kier alpha value is -0.610. The van der Waals surface area contributed by atoms with Crippen molar-refractivity contribution in [3.05, 3.63) is 0 Å². The third-order valence-corrected chi connectivity index (χ3v) is 4.01. The Bertz CT molecular complexity index is 262. The minimum absolute atomic E-state index is 0.236. The van der Waals surface area contributed by atoms with Gasteiger partial charge in [-0.15, -0.1) is 0 Å². The summed E-state index contributed by atoms with van der Waals surface area (Å²) in [5.41, 5.74) is -1.71. The molecule has 1 atom stereocenters. The fraction of sp³-hybridized carbons (Fsp3) is 0.917. The summed E-state index contributed by atoms with van der Waals surface area (Å²) in [4.78, 5) is 12.1. The summed E-state index contributed by atoms with van der Waals surface area (Å²) in [6.07, 6.45) is 3.98. The van der Waals surface area contributed by atoms with Gasteiger partial charge in [0.1, 0.15) is 5.60 Å². The van der Waals surface area contributed by atoms with E-state index < -0.39 is 11.0 Å². The fourth-order valence-corrected chi connectivity index (χ4v) is 3.04. The predicted octanol–water partition coefficient (Wildman–Crippen LogP) is 1.26. The molecule has 1 unspecified atom stereocenters. The van der Waals surface area contributed by atoms with Gasteiger partial charge < -0.3 is 14.6 Å². The van der Waals surface area contributed by atoms with E-state index in [-0.39, 0.29) is 12.6 Å². The van der Waals surface area contributed by atoms with E-state index >= 15 is 0 Å². The molecule has 1 saturated carbocycles. The van der Waals surface area contributed by atoms with E-state index in [1.165, 1.54) is 0 Å². The predicted molar refractivity (Wildman–Crippen MR) is 57.9 cm³/mol. The lowest BCUT2D eigenvalue weighted by molar-refractivity contribution is -0.175. The standard InChI is InChI=1S/C12H20O4/c1-2-16-10(13)11(5-3-4-6-11)12(14)7-8-15-9-12/h14H,2-9H2,1H3. The van der Waals surface area contributed by atoms with Crippen LogP contribution in [0, 0.1) is 5.41 Å². The van der Waals surface area contributed by atoms with Gasteiger partial charge in [-0.1, -0.05) is 12.8 Å². The number of aliphatic hydroxyl groups is 1. The molecule has 0 aromatic heterocycles. The highest BCUT2D eigenvalue weighted by molar-refractivity contribution is 5.79. The molecule has 1 aliphatic carbocycles. The van der Waals surface area contributed by atoms with Crippen molar-refractivity contribution in [3.63, 3.8) is 0 Å². The lowest BCUT2D eigenvalue weighted by Crippen LogP contribution is -2.53. The summed E-state index contributed by atoms with van der Waals surface area (Å²) >= 11 is 0. The summed E-state index contributed by atoms with van der Waals surface area (Å²) in [7, 11) is 0. The van der Waals surface area contributed by atoms with Crippen molar-refractivity contribution in [1.29, 1.82) is 0 Å². The lowest BCUT2D eigenvalue weighted by Gasteiger charge is -2.39. The largest absolute Gasteiger partial charge is 0.465 e. The normalized spacial score (nSPS) is 32.9. The number of rotatable bonds is 3. The number of esters is 1. The van der Waals surface area contributed by atoms with Gasteiger partial charge in [0.15, 0.2) is 0 Å². The zero-order chi connectivity index (χ0) is 11.6. The first-order valence-electron chi connectivity index (χ1n) is 6.12. The Labute approximate surface area is 95.9 Å². The minimum Gasteiger partial charge on any atom is -0.465 e. The molecule has 0 aromatic rings. The van der Waals surface area contributed by atoms with E-state index in [1.807, 2.05) is 0 Å². The van der Waals surface area contributed by atoms with E-state index in [4.69, 9.17) is 9.47 Å². The molecule has 0 bridgehead atoms. The van der Waals surface area contributed by atoms with Gasteiger partial charge in [-0.05, 0) is 19.8 Å². The molecular formula is C12H20O4. The number of ether oxygens (including phenoxy) is 2. The molecule has 0 spiro atoms. The molecule has 92 valence electrons. The van der Waals surface area contributed by atoms with Gasteiger partial charge in [0, 0.05) is 13.0 Å². The van der Waals surface area contributed by atoms with E-state index in [0.717, 1.165) is 25.7 Å². The second kappa shape index (κ2) is 4.34. The molecule has 2 aliphatic rings. The SMILES string of the molecule is CCOC(=O)C1(C2(O)CCOC2)CCCC1. The van der Waals surface area contributed by atoms with Crippen LogP contribution in [-0.2, 0) is 14.3 Å². The van der Waals surface area contributed by atoms with Crippen LogP contribution in [0.5, 0.6) is 0 Å². The van der Waals surface area contributed by atoms with Gasteiger partial charge in [-0.2, -0.15) is 0 Å². The van der Waals surface area contributed by atoms with E-state index in [9.17, 15) is 9.90 Å². The Morgan fingerprint density at radius 3 is 2.56 bits per heavy atom. The maximum Gasteiger partial charge on any atom is 0.315 e. The second-order valence-corrected chi connectivity index (χ2v) is 4.84. The topological polar surface area (TPSA) is 55.8 Å². The van der Waals surface area contributed by atoms with Crippen LogP contribution < -0.4 is 0 Å². The monoisotopic (exact) mass is 228 g/mol. The number of carbonyl (C=O) groups is 1. The van der Waals surface area contributed by atoms with Crippen LogP contribution >= 0.6 is 0 Å². The minimum atomic E-state index is -1.00. The molecule has 1 aliphatic heterocycles. The molecule has 0 radical (unpaired) electrons. The van der Waals surface area contributed by atoms with Gasteiger partial charge in [-0.25, -0.2) is 0 Å². The molecule has 1 N–H and O–H groups in total. The van der Waals surface area contributed by atoms with Crippen molar-refractivity contribution in [2.45, 2.75) is 44.6 Å². The highest BCUT2D eigenvalue weighted by Gasteiger charge is 2.59. The van der Waals surface area contributed by atoms with Crippen LogP contribution in [0.1, 0.15) is 39.0 Å². The van der Waals surface area contributed by atoms with E-state index in [2.05, 4.69) is 0 Å². The Balaban J connectivity index is 2.24. The average molecular weight is 228 g/mol. The van der Waals surface area contributed by atoms with Crippen molar-refractivity contribution in [2.75, 3.05) is 19.8 Å². The van der Waals surface area contributed by atoms with Crippen LogP contribution in [0.4, 0.5) is 0 Å².